The molecule has 0 aromatic heterocycles. The number of hydrogen-bond acceptors (Lipinski definition) is 5. The van der Waals surface area contributed by atoms with E-state index in [-0.39, 0.29) is 23.3 Å². The van der Waals surface area contributed by atoms with Crippen molar-refractivity contribution in [2.24, 2.45) is 0 Å². The van der Waals surface area contributed by atoms with Crippen LogP contribution in [-0.2, 0) is 15.7 Å². The second-order valence-corrected chi connectivity index (χ2v) is 20.0. The molecule has 2 unspecified atom stereocenters. The molecule has 0 aromatic carbocycles. The number of rotatable bonds is 8. The fourth-order valence-electron chi connectivity index (χ4n) is 1.91. The Morgan fingerprint density at radius 2 is 1.81 bits per heavy atom. The zero-order chi connectivity index (χ0) is 15.3. The SMILES string of the molecule is CSCCC(C([O][SnH])[O][Sn]([CH3])([CH3])[CH3])N1C(=O)C=CC1=O.O. The van der Waals surface area contributed by atoms with Gasteiger partial charge in [0.15, 0.2) is 0 Å². The predicted molar refractivity (Wildman–Crippen MR) is 87.8 cm³/mol. The maximum Gasteiger partial charge on any atom is -0.412 e. The van der Waals surface area contributed by atoms with E-state index in [9.17, 15) is 9.59 Å². The topological polar surface area (TPSA) is 87.3 Å². The van der Waals surface area contributed by atoms with Crippen molar-refractivity contribution >= 4 is 65.3 Å². The first-order chi connectivity index (χ1) is 9.30. The Hall–Kier alpha value is 0.707. The van der Waals surface area contributed by atoms with Crippen molar-refractivity contribution in [3.05, 3.63) is 12.2 Å². The number of carbonyl (C=O) groups is 2. The van der Waals surface area contributed by atoms with E-state index in [1.54, 1.807) is 11.8 Å². The zero-order valence-electron chi connectivity index (χ0n) is 12.8. The van der Waals surface area contributed by atoms with Crippen molar-refractivity contribution in [1.82, 2.24) is 4.90 Å². The third-order valence-electron chi connectivity index (χ3n) is 2.71. The predicted octanol–water partition coefficient (Wildman–Crippen LogP) is 0.218. The summed E-state index contributed by atoms with van der Waals surface area (Å²) in [6, 6.07) is -0.330. The van der Waals surface area contributed by atoms with E-state index < -0.39 is 25.1 Å². The van der Waals surface area contributed by atoms with Crippen LogP contribution in [0.5, 0.6) is 0 Å². The van der Waals surface area contributed by atoms with Gasteiger partial charge < -0.3 is 5.48 Å². The summed E-state index contributed by atoms with van der Waals surface area (Å²) in [6.07, 6.45) is 4.85. The van der Waals surface area contributed by atoms with E-state index in [2.05, 4.69) is 14.8 Å². The average molecular weight is 531 g/mol. The fourth-order valence-corrected chi connectivity index (χ4v) is 6.56. The molecule has 2 N–H and O–H groups in total. The molecule has 6 nitrogen and oxygen atoms in total. The normalized spacial score (nSPS) is 17.9. The van der Waals surface area contributed by atoms with Crippen LogP contribution in [0.1, 0.15) is 6.42 Å². The van der Waals surface area contributed by atoms with E-state index in [4.69, 9.17) is 6.15 Å². The summed E-state index contributed by atoms with van der Waals surface area (Å²) in [6.45, 7) is 0. The third kappa shape index (κ3) is 6.77. The van der Waals surface area contributed by atoms with Crippen LogP contribution in [0.2, 0.25) is 14.8 Å². The van der Waals surface area contributed by atoms with Crippen LogP contribution < -0.4 is 0 Å². The van der Waals surface area contributed by atoms with Crippen molar-refractivity contribution in [2.75, 3.05) is 12.0 Å². The molecule has 1 heterocycles. The van der Waals surface area contributed by atoms with Gasteiger partial charge in [0.2, 0.25) is 0 Å². The second kappa shape index (κ2) is 9.76. The summed E-state index contributed by atoms with van der Waals surface area (Å²) in [5, 5.41) is 0. The van der Waals surface area contributed by atoms with Gasteiger partial charge in [0.1, 0.15) is 0 Å². The van der Waals surface area contributed by atoms with Crippen LogP contribution in [0.25, 0.3) is 0 Å². The van der Waals surface area contributed by atoms with Gasteiger partial charge in [-0.25, -0.2) is 0 Å². The Labute approximate surface area is 148 Å². The maximum absolute atomic E-state index is 11.9. The maximum atomic E-state index is 11.9. The Kier molecular flexibility index (Phi) is 10.1. The molecule has 2 amide bonds. The number of hydrogen-bond donors (Lipinski definition) is 0. The first-order valence-electron chi connectivity index (χ1n) is 6.37. The summed E-state index contributed by atoms with van der Waals surface area (Å²) in [5.74, 6) is 0.318. The number of nitrogens with zero attached hydrogens (tertiary/aromatic N) is 1. The molecule has 9 heteroatoms. The summed E-state index contributed by atoms with van der Waals surface area (Å²) >= 11 is -0.283. The van der Waals surface area contributed by atoms with Gasteiger partial charge in [0.25, 0.3) is 0 Å². The van der Waals surface area contributed by atoms with Gasteiger partial charge in [-0.1, -0.05) is 0 Å². The Morgan fingerprint density at radius 1 is 1.29 bits per heavy atom. The van der Waals surface area contributed by atoms with Gasteiger partial charge in [-0.15, -0.1) is 0 Å². The molecule has 2 atom stereocenters. The van der Waals surface area contributed by atoms with Crippen molar-refractivity contribution < 1.29 is 21.2 Å². The number of carbonyl (C=O) groups excluding carboxylic acids is 2. The van der Waals surface area contributed by atoms with E-state index in [1.165, 1.54) is 17.1 Å². The standard InChI is InChI=1S/C9H11NO4S.3CH3.H2O.2Sn.H/c1-15-5-4-6(9(13)14)10-7(11)2-3-8(10)12;;;;;;;/h2-3,6,9H,4-5H2,1H3;3*1H3;1H2;;;/q-2;;;;;2*+1;. The van der Waals surface area contributed by atoms with Crippen LogP contribution in [-0.4, -0.2) is 88.3 Å². The molecule has 120 valence electrons. The minimum Gasteiger partial charge on any atom is -0.412 e. The largest absolute Gasteiger partial charge is 0.412 e. The molecular weight excluding hydrogens is 508 g/mol. The molecule has 1 rings (SSSR count). The van der Waals surface area contributed by atoms with Gasteiger partial charge >= 0.3 is 144 Å². The number of amides is 2. The van der Waals surface area contributed by atoms with Gasteiger partial charge in [-0.05, 0) is 0 Å². The van der Waals surface area contributed by atoms with Crippen LogP contribution in [0, 0.1) is 0 Å². The third-order valence-corrected chi connectivity index (χ3v) is 6.80. The zero-order valence-corrected chi connectivity index (χ0v) is 19.8. The van der Waals surface area contributed by atoms with Crippen molar-refractivity contribution in [2.45, 2.75) is 33.6 Å². The molecule has 0 saturated heterocycles. The van der Waals surface area contributed by atoms with Gasteiger partial charge in [-0.3, -0.25) is 0 Å². The molecule has 0 spiro atoms. The summed E-state index contributed by atoms with van der Waals surface area (Å²) < 4.78 is 11.7. The second-order valence-electron chi connectivity index (χ2n) is 5.46. The molecule has 0 fully saturated rings. The fraction of sp³-hybridized carbons (Fsp3) is 0.667. The molecule has 0 aromatic rings. The number of imide groups is 1. The van der Waals surface area contributed by atoms with Gasteiger partial charge in [-0.2, -0.15) is 0 Å². The van der Waals surface area contributed by atoms with Crippen molar-refractivity contribution in [3.8, 4) is 0 Å². The molecule has 1 aliphatic heterocycles. The van der Waals surface area contributed by atoms with Crippen LogP contribution in [0.15, 0.2) is 12.2 Å². The molecular formula is C12H23NO5SSn2. The van der Waals surface area contributed by atoms with Gasteiger partial charge in [0.05, 0.1) is 0 Å². The minimum absolute atomic E-state index is 0. The Morgan fingerprint density at radius 3 is 2.19 bits per heavy atom. The molecule has 2 radical (unpaired) electrons. The van der Waals surface area contributed by atoms with E-state index in [0.717, 1.165) is 5.75 Å². The van der Waals surface area contributed by atoms with E-state index in [0.29, 0.717) is 29.4 Å². The first kappa shape index (κ1) is 21.7. The van der Waals surface area contributed by atoms with E-state index >= 15 is 0 Å². The number of thioether (sulfide) groups is 1. The molecule has 0 saturated carbocycles. The monoisotopic (exact) mass is 533 g/mol. The van der Waals surface area contributed by atoms with Crippen molar-refractivity contribution in [1.29, 1.82) is 0 Å². The van der Waals surface area contributed by atoms with Crippen LogP contribution in [0.3, 0.4) is 0 Å². The van der Waals surface area contributed by atoms with Crippen LogP contribution >= 0.6 is 11.8 Å². The first-order valence-corrected chi connectivity index (χ1v) is 18.8. The molecule has 21 heavy (non-hydrogen) atoms. The Balaban J connectivity index is 0.00000400. The minimum atomic E-state index is -2.55. The summed E-state index contributed by atoms with van der Waals surface area (Å²) in [4.78, 5) is 31.5. The molecule has 0 aliphatic carbocycles. The van der Waals surface area contributed by atoms with Gasteiger partial charge in [0, 0.05) is 0 Å². The van der Waals surface area contributed by atoms with Crippen molar-refractivity contribution in [3.63, 3.8) is 0 Å². The summed E-state index contributed by atoms with van der Waals surface area (Å²) in [5.41, 5.74) is 0. The Bertz CT molecular complexity index is 382. The quantitative estimate of drug-likeness (QED) is 0.255. The summed E-state index contributed by atoms with van der Waals surface area (Å²) in [7, 11) is 0. The molecule has 1 aliphatic rings. The van der Waals surface area contributed by atoms with Crippen LogP contribution in [0.4, 0.5) is 0 Å². The smallest absolute Gasteiger partial charge is 0.412 e. The van der Waals surface area contributed by atoms with E-state index in [1.807, 2.05) is 6.26 Å². The molecule has 0 bridgehead atoms. The average Bonchev–Trinajstić information content (AvgIpc) is 2.68.